The van der Waals surface area contributed by atoms with Crippen molar-refractivity contribution in [1.29, 1.82) is 0 Å². The molecule has 0 spiro atoms. The lowest BCUT2D eigenvalue weighted by Gasteiger charge is -2.17. The summed E-state index contributed by atoms with van der Waals surface area (Å²) in [4.78, 5) is 12.2. The monoisotopic (exact) mass is 438 g/mol. The number of halogens is 1. The highest BCUT2D eigenvalue weighted by molar-refractivity contribution is 7.89. The number of amides is 1. The van der Waals surface area contributed by atoms with Gasteiger partial charge in [0.25, 0.3) is 0 Å². The Morgan fingerprint density at radius 3 is 2.52 bits per heavy atom. The minimum absolute atomic E-state index is 0.0980. The van der Waals surface area contributed by atoms with E-state index in [1.165, 1.54) is 31.3 Å². The molecule has 1 N–H and O–H groups in total. The van der Waals surface area contributed by atoms with E-state index in [4.69, 9.17) is 16.3 Å². The van der Waals surface area contributed by atoms with E-state index in [1.807, 2.05) is 24.3 Å². The summed E-state index contributed by atoms with van der Waals surface area (Å²) in [6, 6.07) is 13.7. The third-order valence-electron chi connectivity index (χ3n) is 4.27. The standard InChI is InChI=1S/C21H27ClN2O4S/c1-3-15-28-20-9-5-4-7-17(20)8-6-14-23-21(25)16-24(2)29(26,27)19-12-10-18(22)11-13-19/h4-5,7,9-13H,3,6,8,14-16H2,1-2H3,(H,23,25). The van der Waals surface area contributed by atoms with E-state index in [1.54, 1.807) is 0 Å². The molecule has 0 aliphatic heterocycles. The molecule has 0 aromatic heterocycles. The van der Waals surface area contributed by atoms with E-state index in [2.05, 4.69) is 12.2 Å². The second kappa shape index (κ2) is 11.2. The molecule has 158 valence electrons. The summed E-state index contributed by atoms with van der Waals surface area (Å²) < 4.78 is 31.8. The molecular formula is C21H27ClN2O4S. The van der Waals surface area contributed by atoms with Crippen LogP contribution in [-0.2, 0) is 21.2 Å². The van der Waals surface area contributed by atoms with Gasteiger partial charge >= 0.3 is 0 Å². The van der Waals surface area contributed by atoms with Gasteiger partial charge in [0.15, 0.2) is 0 Å². The smallest absolute Gasteiger partial charge is 0.243 e. The average molecular weight is 439 g/mol. The maximum absolute atomic E-state index is 12.5. The Morgan fingerprint density at radius 1 is 1.14 bits per heavy atom. The Kier molecular flexibility index (Phi) is 8.95. The number of aryl methyl sites for hydroxylation is 1. The molecule has 1 amide bonds. The molecule has 0 saturated carbocycles. The van der Waals surface area contributed by atoms with Crippen LogP contribution < -0.4 is 10.1 Å². The van der Waals surface area contributed by atoms with Crippen LogP contribution in [0, 0.1) is 0 Å². The summed E-state index contributed by atoms with van der Waals surface area (Å²) in [6.07, 6.45) is 2.43. The first-order valence-corrected chi connectivity index (χ1v) is 11.4. The number of ether oxygens (including phenoxy) is 1. The summed E-state index contributed by atoms with van der Waals surface area (Å²) in [5, 5.41) is 3.22. The van der Waals surface area contributed by atoms with Gasteiger partial charge in [-0.25, -0.2) is 8.42 Å². The summed E-state index contributed by atoms with van der Waals surface area (Å²) >= 11 is 5.80. The van der Waals surface area contributed by atoms with E-state index < -0.39 is 10.0 Å². The molecule has 0 unspecified atom stereocenters. The Morgan fingerprint density at radius 2 is 1.83 bits per heavy atom. The molecule has 2 rings (SSSR count). The lowest BCUT2D eigenvalue weighted by atomic mass is 10.1. The predicted octanol–water partition coefficient (Wildman–Crippen LogP) is 3.50. The van der Waals surface area contributed by atoms with Crippen LogP contribution in [0.1, 0.15) is 25.3 Å². The zero-order valence-electron chi connectivity index (χ0n) is 16.7. The first kappa shape index (κ1) is 23.2. The van der Waals surface area contributed by atoms with Gasteiger partial charge in [-0.3, -0.25) is 4.79 Å². The van der Waals surface area contributed by atoms with E-state index in [0.717, 1.165) is 34.9 Å². The zero-order valence-corrected chi connectivity index (χ0v) is 18.3. The van der Waals surface area contributed by atoms with Crippen molar-refractivity contribution in [2.45, 2.75) is 31.1 Å². The lowest BCUT2D eigenvalue weighted by Crippen LogP contribution is -2.38. The van der Waals surface area contributed by atoms with Gasteiger partial charge in [-0.1, -0.05) is 36.7 Å². The number of carbonyl (C=O) groups excluding carboxylic acids is 1. The highest BCUT2D eigenvalue weighted by Crippen LogP contribution is 2.20. The Balaban J connectivity index is 1.81. The van der Waals surface area contributed by atoms with Crippen molar-refractivity contribution in [1.82, 2.24) is 9.62 Å². The largest absolute Gasteiger partial charge is 0.493 e. The second-order valence-electron chi connectivity index (χ2n) is 6.62. The van der Waals surface area contributed by atoms with Gasteiger partial charge in [-0.05, 0) is 55.2 Å². The van der Waals surface area contributed by atoms with Crippen LogP contribution in [0.15, 0.2) is 53.4 Å². The third-order valence-corrected chi connectivity index (χ3v) is 6.34. The first-order chi connectivity index (χ1) is 13.8. The van der Waals surface area contributed by atoms with Crippen LogP contribution in [0.5, 0.6) is 5.75 Å². The molecule has 8 heteroatoms. The van der Waals surface area contributed by atoms with Crippen LogP contribution in [0.3, 0.4) is 0 Å². The van der Waals surface area contributed by atoms with E-state index in [0.29, 0.717) is 18.2 Å². The fourth-order valence-corrected chi connectivity index (χ4v) is 3.95. The van der Waals surface area contributed by atoms with Crippen molar-refractivity contribution in [3.8, 4) is 5.75 Å². The van der Waals surface area contributed by atoms with Crippen LogP contribution in [0.2, 0.25) is 5.02 Å². The fourth-order valence-electron chi connectivity index (χ4n) is 2.70. The number of nitrogens with one attached hydrogen (secondary N) is 1. The minimum Gasteiger partial charge on any atom is -0.493 e. The highest BCUT2D eigenvalue weighted by atomic mass is 35.5. The molecule has 0 atom stereocenters. The van der Waals surface area contributed by atoms with Gasteiger partial charge in [0.2, 0.25) is 15.9 Å². The summed E-state index contributed by atoms with van der Waals surface area (Å²) in [5.41, 5.74) is 1.10. The Hall–Kier alpha value is -2.09. The molecule has 0 heterocycles. The summed E-state index contributed by atoms with van der Waals surface area (Å²) in [5.74, 6) is 0.523. The molecule has 2 aromatic carbocycles. The van der Waals surface area contributed by atoms with Gasteiger partial charge < -0.3 is 10.1 Å². The number of likely N-dealkylation sites (N-methyl/N-ethyl adjacent to an activating group) is 1. The normalized spacial score (nSPS) is 11.4. The molecule has 0 radical (unpaired) electrons. The molecule has 0 saturated heterocycles. The molecule has 6 nitrogen and oxygen atoms in total. The first-order valence-electron chi connectivity index (χ1n) is 9.54. The van der Waals surface area contributed by atoms with Gasteiger partial charge in [0.1, 0.15) is 5.75 Å². The predicted molar refractivity (Wildman–Crippen MR) is 115 cm³/mol. The lowest BCUT2D eigenvalue weighted by molar-refractivity contribution is -0.121. The number of para-hydroxylation sites is 1. The summed E-state index contributed by atoms with van der Waals surface area (Å²) in [6.45, 7) is 2.93. The SMILES string of the molecule is CCCOc1ccccc1CCCNC(=O)CN(C)S(=O)(=O)c1ccc(Cl)cc1. The number of carbonyl (C=O) groups is 1. The highest BCUT2D eigenvalue weighted by Gasteiger charge is 2.22. The number of benzene rings is 2. The molecule has 2 aromatic rings. The third kappa shape index (κ3) is 7.03. The molecule has 29 heavy (non-hydrogen) atoms. The molecule has 0 fully saturated rings. The number of sulfonamides is 1. The average Bonchev–Trinajstić information content (AvgIpc) is 2.70. The van der Waals surface area contributed by atoms with Crippen LogP contribution in [-0.4, -0.2) is 45.4 Å². The van der Waals surface area contributed by atoms with Crippen molar-refractivity contribution in [2.75, 3.05) is 26.7 Å². The molecule has 0 aliphatic carbocycles. The van der Waals surface area contributed by atoms with Crippen molar-refractivity contribution in [3.63, 3.8) is 0 Å². The van der Waals surface area contributed by atoms with Gasteiger partial charge in [0.05, 0.1) is 18.0 Å². The van der Waals surface area contributed by atoms with Crippen LogP contribution in [0.4, 0.5) is 0 Å². The van der Waals surface area contributed by atoms with Crippen molar-refractivity contribution in [3.05, 3.63) is 59.1 Å². The Bertz CT molecular complexity index is 901. The maximum Gasteiger partial charge on any atom is 0.243 e. The van der Waals surface area contributed by atoms with Gasteiger partial charge in [-0.2, -0.15) is 4.31 Å². The molecular weight excluding hydrogens is 412 g/mol. The zero-order chi connectivity index (χ0) is 21.3. The van der Waals surface area contributed by atoms with Crippen LogP contribution in [0.25, 0.3) is 0 Å². The van der Waals surface area contributed by atoms with Crippen LogP contribution >= 0.6 is 11.6 Å². The van der Waals surface area contributed by atoms with E-state index in [9.17, 15) is 13.2 Å². The fraction of sp³-hybridized carbons (Fsp3) is 0.381. The number of rotatable bonds is 11. The van der Waals surface area contributed by atoms with E-state index in [-0.39, 0.29) is 17.3 Å². The summed E-state index contributed by atoms with van der Waals surface area (Å²) in [7, 11) is -2.36. The van der Waals surface area contributed by atoms with Gasteiger partial charge in [-0.15, -0.1) is 0 Å². The van der Waals surface area contributed by atoms with E-state index >= 15 is 0 Å². The number of nitrogens with zero attached hydrogens (tertiary/aromatic N) is 1. The number of hydrogen-bond acceptors (Lipinski definition) is 4. The van der Waals surface area contributed by atoms with Crippen molar-refractivity contribution >= 4 is 27.5 Å². The van der Waals surface area contributed by atoms with Gasteiger partial charge in [0, 0.05) is 18.6 Å². The number of hydrogen-bond donors (Lipinski definition) is 1. The van der Waals surface area contributed by atoms with Crippen molar-refractivity contribution in [2.24, 2.45) is 0 Å². The molecule has 0 aliphatic rings. The Labute approximate surface area is 177 Å². The minimum atomic E-state index is -3.74. The second-order valence-corrected chi connectivity index (χ2v) is 9.11. The quantitative estimate of drug-likeness (QED) is 0.545. The van der Waals surface area contributed by atoms with Crippen molar-refractivity contribution < 1.29 is 17.9 Å². The topological polar surface area (TPSA) is 75.7 Å². The molecule has 0 bridgehead atoms. The maximum atomic E-state index is 12.5.